The Kier molecular flexibility index (Phi) is 7.75. The van der Waals surface area contributed by atoms with Crippen molar-refractivity contribution in [2.75, 3.05) is 6.26 Å². The van der Waals surface area contributed by atoms with Gasteiger partial charge in [-0.1, -0.05) is 6.07 Å². The molecule has 1 aromatic carbocycles. The van der Waals surface area contributed by atoms with Crippen molar-refractivity contribution >= 4 is 27.2 Å². The second-order valence-electron chi connectivity index (χ2n) is 7.30. The largest absolute Gasteiger partial charge is 0.748 e. The molecule has 0 bridgehead atoms. The van der Waals surface area contributed by atoms with Crippen LogP contribution in [0.1, 0.15) is 26.7 Å². The van der Waals surface area contributed by atoms with Crippen molar-refractivity contribution in [3.8, 4) is 11.4 Å². The van der Waals surface area contributed by atoms with Gasteiger partial charge in [0.05, 0.1) is 15.0 Å². The number of ketones is 1. The molecule has 0 fully saturated rings. The topological polar surface area (TPSA) is 116 Å². The third-order valence-corrected chi connectivity index (χ3v) is 5.61. The number of H-pyrrole nitrogens is 1. The number of carbonyl (C=O) groups is 1. The van der Waals surface area contributed by atoms with E-state index in [0.29, 0.717) is 19.1 Å². The summed E-state index contributed by atoms with van der Waals surface area (Å²) >= 11 is 1.54. The summed E-state index contributed by atoms with van der Waals surface area (Å²) in [6, 6.07) is 16.7. The molecule has 0 spiro atoms. The lowest BCUT2D eigenvalue weighted by Gasteiger charge is -2.04. The normalized spacial score (nSPS) is 11.0. The molecule has 0 amide bonds. The number of aromatic amines is 1. The molecule has 8 nitrogen and oxygen atoms in total. The van der Waals surface area contributed by atoms with Crippen LogP contribution in [0.3, 0.4) is 0 Å². The Balaban J connectivity index is 0.000000555. The second kappa shape index (κ2) is 10.5. The van der Waals surface area contributed by atoms with E-state index in [1.54, 1.807) is 34.2 Å². The standard InChI is InChI=1S/C22H19N3O2S.CH4O3S/c1-16-5-12-21(28-16)20(26)11-6-17-14-24(15-23-17)18-7-9-19(10-8-18)25-13-3-2-4-22(25)27;1-5(2,3)4/h2-5,7-10,12-15H,6,11H2,1H3;1H3,(H,2,3,4). The number of benzene rings is 1. The highest BCUT2D eigenvalue weighted by molar-refractivity contribution is 7.84. The maximum absolute atomic E-state index is 12.3. The summed E-state index contributed by atoms with van der Waals surface area (Å²) in [5.74, 6) is 0.178. The Morgan fingerprint density at radius 3 is 2.42 bits per heavy atom. The number of nitrogens with zero attached hydrogens (tertiary/aromatic N) is 2. The minimum Gasteiger partial charge on any atom is -0.748 e. The zero-order chi connectivity index (χ0) is 24.0. The van der Waals surface area contributed by atoms with E-state index >= 15 is 0 Å². The van der Waals surface area contributed by atoms with Crippen LogP contribution in [0, 0.1) is 6.92 Å². The van der Waals surface area contributed by atoms with Gasteiger partial charge in [-0.3, -0.25) is 14.2 Å². The zero-order valence-electron chi connectivity index (χ0n) is 18.1. The molecule has 0 aliphatic heterocycles. The van der Waals surface area contributed by atoms with Crippen molar-refractivity contribution in [2.24, 2.45) is 0 Å². The van der Waals surface area contributed by atoms with Gasteiger partial charge in [-0.25, -0.2) is 18.0 Å². The molecule has 0 radical (unpaired) electrons. The number of Topliss-reactive ketones (excluding diaryl/α,β-unsaturated/α-hetero) is 1. The summed E-state index contributed by atoms with van der Waals surface area (Å²) in [6.07, 6.45) is 7.38. The van der Waals surface area contributed by atoms with Gasteiger partial charge in [0.2, 0.25) is 6.33 Å². The van der Waals surface area contributed by atoms with E-state index in [4.69, 9.17) is 13.0 Å². The molecule has 0 aliphatic carbocycles. The van der Waals surface area contributed by atoms with Crippen LogP contribution in [0.15, 0.2) is 78.1 Å². The van der Waals surface area contributed by atoms with Crippen LogP contribution in [0.4, 0.5) is 0 Å². The van der Waals surface area contributed by atoms with Crippen LogP contribution in [0.2, 0.25) is 0 Å². The number of aryl methyl sites for hydroxylation is 2. The average Bonchev–Trinajstić information content (AvgIpc) is 3.41. The minimum atomic E-state index is -3.92. The smallest absolute Gasteiger partial charge is 0.255 e. The first-order valence-corrected chi connectivity index (χ1v) is 12.6. The summed E-state index contributed by atoms with van der Waals surface area (Å²) in [5.41, 5.74) is 2.75. The number of rotatable bonds is 6. The highest BCUT2D eigenvalue weighted by Gasteiger charge is 2.13. The fraction of sp³-hybridized carbons (Fsp3) is 0.174. The molecule has 0 saturated carbocycles. The molecule has 4 rings (SSSR count). The van der Waals surface area contributed by atoms with Gasteiger partial charge < -0.3 is 4.55 Å². The molecule has 172 valence electrons. The van der Waals surface area contributed by atoms with Gasteiger partial charge in [-0.05, 0) is 49.4 Å². The summed E-state index contributed by atoms with van der Waals surface area (Å²) in [6.45, 7) is 2.01. The van der Waals surface area contributed by atoms with Gasteiger partial charge in [0, 0.05) is 41.9 Å². The first kappa shape index (κ1) is 24.3. The Labute approximate surface area is 195 Å². The third-order valence-electron chi connectivity index (χ3n) is 4.57. The maximum atomic E-state index is 12.3. The van der Waals surface area contributed by atoms with E-state index in [1.165, 1.54) is 0 Å². The van der Waals surface area contributed by atoms with Crippen LogP contribution in [-0.2, 0) is 16.5 Å². The van der Waals surface area contributed by atoms with E-state index in [1.807, 2.05) is 66.5 Å². The van der Waals surface area contributed by atoms with Crippen LogP contribution >= 0.6 is 11.3 Å². The van der Waals surface area contributed by atoms with Gasteiger partial charge in [-0.2, -0.15) is 0 Å². The molecule has 3 aromatic heterocycles. The molecule has 33 heavy (non-hydrogen) atoms. The minimum absolute atomic E-state index is 0.0579. The summed E-state index contributed by atoms with van der Waals surface area (Å²) in [7, 11) is -3.92. The van der Waals surface area contributed by atoms with Crippen LogP contribution in [0.25, 0.3) is 11.4 Å². The molecule has 0 aliphatic rings. The lowest BCUT2D eigenvalue weighted by Crippen LogP contribution is -2.27. The van der Waals surface area contributed by atoms with Crippen molar-refractivity contribution in [2.45, 2.75) is 19.8 Å². The van der Waals surface area contributed by atoms with E-state index in [0.717, 1.165) is 26.8 Å². The summed E-state index contributed by atoms with van der Waals surface area (Å²) in [4.78, 5) is 29.4. The average molecular weight is 486 g/mol. The number of imidazole rings is 1. The third kappa shape index (κ3) is 7.35. The summed E-state index contributed by atoms with van der Waals surface area (Å²) < 4.78 is 30.8. The quantitative estimate of drug-likeness (QED) is 0.256. The van der Waals surface area contributed by atoms with Crippen molar-refractivity contribution in [1.82, 2.24) is 9.55 Å². The highest BCUT2D eigenvalue weighted by Crippen LogP contribution is 2.17. The van der Waals surface area contributed by atoms with E-state index in [2.05, 4.69) is 4.98 Å². The molecular formula is C23H23N3O5S2. The predicted molar refractivity (Wildman–Crippen MR) is 125 cm³/mol. The molecule has 0 saturated heterocycles. The Hall–Kier alpha value is -3.34. The maximum Gasteiger partial charge on any atom is 0.255 e. The second-order valence-corrected chi connectivity index (χ2v) is 9.99. The van der Waals surface area contributed by atoms with Crippen LogP contribution < -0.4 is 10.1 Å². The Morgan fingerprint density at radius 2 is 1.82 bits per heavy atom. The van der Waals surface area contributed by atoms with Crippen molar-refractivity contribution in [3.05, 3.63) is 99.1 Å². The number of nitrogens with one attached hydrogen (secondary N) is 1. The first-order chi connectivity index (χ1) is 15.6. The van der Waals surface area contributed by atoms with Gasteiger partial charge in [0.25, 0.3) is 5.56 Å². The van der Waals surface area contributed by atoms with Crippen molar-refractivity contribution < 1.29 is 22.3 Å². The van der Waals surface area contributed by atoms with Crippen LogP contribution in [0.5, 0.6) is 0 Å². The number of pyridine rings is 1. The summed E-state index contributed by atoms with van der Waals surface area (Å²) in [5, 5.41) is 0. The van der Waals surface area contributed by atoms with Crippen LogP contribution in [-0.4, -0.2) is 34.6 Å². The van der Waals surface area contributed by atoms with E-state index in [-0.39, 0.29) is 11.3 Å². The molecule has 0 unspecified atom stereocenters. The Morgan fingerprint density at radius 1 is 1.12 bits per heavy atom. The van der Waals surface area contributed by atoms with Gasteiger partial charge in [-0.15, -0.1) is 11.3 Å². The number of carbonyl (C=O) groups excluding carboxylic acids is 1. The fourth-order valence-electron chi connectivity index (χ4n) is 3.06. The van der Waals surface area contributed by atoms with Crippen molar-refractivity contribution in [3.63, 3.8) is 0 Å². The van der Waals surface area contributed by atoms with Crippen molar-refractivity contribution in [1.29, 1.82) is 0 Å². The monoisotopic (exact) mass is 485 g/mol. The first-order valence-electron chi connectivity index (χ1n) is 9.98. The molecular weight excluding hydrogens is 462 g/mol. The number of hydrogen-bond acceptors (Lipinski definition) is 6. The van der Waals surface area contributed by atoms with Gasteiger partial charge >= 0.3 is 0 Å². The van der Waals surface area contributed by atoms with E-state index in [9.17, 15) is 9.59 Å². The number of aromatic nitrogens is 3. The molecule has 4 aromatic rings. The highest BCUT2D eigenvalue weighted by atomic mass is 32.2. The Bertz CT molecular complexity index is 1390. The SMILES string of the molecule is CS(=O)(=O)[O-].Cc1ccc(C(=O)CCc2c[n+](-c3ccc(-n4ccccc4=O)cc3)c[nH]2)s1. The molecule has 0 atom stereocenters. The molecule has 3 heterocycles. The lowest BCUT2D eigenvalue weighted by atomic mass is 10.1. The molecule has 10 heteroatoms. The zero-order valence-corrected chi connectivity index (χ0v) is 19.7. The number of hydrogen-bond donors (Lipinski definition) is 1. The van der Waals surface area contributed by atoms with Gasteiger partial charge in [0.1, 0.15) is 17.6 Å². The lowest BCUT2D eigenvalue weighted by molar-refractivity contribution is -0.594. The van der Waals surface area contributed by atoms with Gasteiger partial charge in [0.15, 0.2) is 5.78 Å². The number of thiophene rings is 1. The molecule has 1 N–H and O–H groups in total. The van der Waals surface area contributed by atoms with E-state index < -0.39 is 10.1 Å². The fourth-order valence-corrected chi connectivity index (χ4v) is 3.90. The predicted octanol–water partition coefficient (Wildman–Crippen LogP) is 2.79.